The molecule has 1 N–H and O–H groups in total. The molecule has 1 aromatic rings. The van der Waals surface area contributed by atoms with Crippen molar-refractivity contribution in [3.05, 3.63) is 34.9 Å². The molecule has 1 aromatic carbocycles. The summed E-state index contributed by atoms with van der Waals surface area (Å²) in [5.74, 6) is 0. The summed E-state index contributed by atoms with van der Waals surface area (Å²) in [6.45, 7) is 4.70. The number of hydrogen-bond donors (Lipinski definition) is 1. The molecule has 0 amide bonds. The van der Waals surface area contributed by atoms with E-state index < -0.39 is 0 Å². The first-order valence-electron chi connectivity index (χ1n) is 6.01. The molecule has 0 spiro atoms. The van der Waals surface area contributed by atoms with Crippen molar-refractivity contribution in [3.8, 4) is 0 Å². The van der Waals surface area contributed by atoms with E-state index in [0.29, 0.717) is 6.10 Å². The van der Waals surface area contributed by atoms with E-state index >= 15 is 0 Å². The fourth-order valence-corrected chi connectivity index (χ4v) is 2.25. The maximum atomic E-state index is 5.88. The van der Waals surface area contributed by atoms with Gasteiger partial charge in [0.05, 0.1) is 12.7 Å². The van der Waals surface area contributed by atoms with Crippen LogP contribution in [0.5, 0.6) is 0 Å². The predicted molar refractivity (Wildman–Crippen MR) is 70.4 cm³/mol. The van der Waals surface area contributed by atoms with Gasteiger partial charge in [-0.2, -0.15) is 0 Å². The number of benzene rings is 1. The van der Waals surface area contributed by atoms with Crippen molar-refractivity contribution >= 4 is 11.6 Å². The van der Waals surface area contributed by atoms with Crippen LogP contribution in [0.4, 0.5) is 0 Å². The van der Waals surface area contributed by atoms with Gasteiger partial charge < -0.3 is 10.1 Å². The first-order chi connectivity index (χ1) is 8.28. The molecule has 0 radical (unpaired) electrons. The lowest BCUT2D eigenvalue weighted by atomic mass is 10.2. The molecule has 3 nitrogen and oxygen atoms in total. The molecule has 4 heteroatoms. The summed E-state index contributed by atoms with van der Waals surface area (Å²) in [5.41, 5.74) is 1.31. The third kappa shape index (κ3) is 3.96. The van der Waals surface area contributed by atoms with E-state index in [1.807, 2.05) is 19.2 Å². The van der Waals surface area contributed by atoms with Crippen LogP contribution in [0.25, 0.3) is 0 Å². The maximum Gasteiger partial charge on any atom is 0.0826 e. The number of morpholine rings is 1. The summed E-state index contributed by atoms with van der Waals surface area (Å²) in [5, 5.41) is 3.96. The number of nitrogens with one attached hydrogen (secondary N) is 1. The van der Waals surface area contributed by atoms with Crippen LogP contribution in [0, 0.1) is 0 Å². The fourth-order valence-electron chi connectivity index (χ4n) is 2.12. The summed E-state index contributed by atoms with van der Waals surface area (Å²) in [7, 11) is 1.96. The Morgan fingerprint density at radius 3 is 2.88 bits per heavy atom. The van der Waals surface area contributed by atoms with Crippen molar-refractivity contribution in [2.45, 2.75) is 12.6 Å². The first kappa shape index (κ1) is 12.8. The predicted octanol–water partition coefficient (Wildman–Crippen LogP) is 1.76. The Morgan fingerprint density at radius 2 is 2.18 bits per heavy atom. The van der Waals surface area contributed by atoms with E-state index in [0.717, 1.165) is 37.8 Å². The molecule has 1 aliphatic rings. The summed E-state index contributed by atoms with van der Waals surface area (Å²) < 4.78 is 5.68. The third-order valence-electron chi connectivity index (χ3n) is 2.97. The highest BCUT2D eigenvalue weighted by Gasteiger charge is 2.19. The monoisotopic (exact) mass is 254 g/mol. The van der Waals surface area contributed by atoms with Crippen LogP contribution in [0.1, 0.15) is 5.56 Å². The van der Waals surface area contributed by atoms with E-state index in [1.54, 1.807) is 0 Å². The zero-order chi connectivity index (χ0) is 12.1. The normalized spacial score (nSPS) is 21.6. The van der Waals surface area contributed by atoms with Crippen LogP contribution in [-0.2, 0) is 11.3 Å². The van der Waals surface area contributed by atoms with Crippen LogP contribution < -0.4 is 5.32 Å². The van der Waals surface area contributed by atoms with Gasteiger partial charge in [-0.1, -0.05) is 23.7 Å². The number of hydrogen-bond acceptors (Lipinski definition) is 3. The average molecular weight is 255 g/mol. The van der Waals surface area contributed by atoms with Gasteiger partial charge in [-0.15, -0.1) is 0 Å². The van der Waals surface area contributed by atoms with Gasteiger partial charge in [0.2, 0.25) is 0 Å². The van der Waals surface area contributed by atoms with Crippen molar-refractivity contribution in [2.75, 3.05) is 33.3 Å². The van der Waals surface area contributed by atoms with Gasteiger partial charge in [0.15, 0.2) is 0 Å². The van der Waals surface area contributed by atoms with Crippen molar-refractivity contribution in [2.24, 2.45) is 0 Å². The lowest BCUT2D eigenvalue weighted by Crippen LogP contribution is -2.45. The molecule has 0 saturated carbocycles. The molecule has 1 unspecified atom stereocenters. The second-order valence-corrected chi connectivity index (χ2v) is 4.85. The molecular formula is C13H19ClN2O. The van der Waals surface area contributed by atoms with E-state index in [-0.39, 0.29) is 0 Å². The molecule has 2 rings (SSSR count). The van der Waals surface area contributed by atoms with Gasteiger partial charge in [0, 0.05) is 31.2 Å². The van der Waals surface area contributed by atoms with Crippen LogP contribution in [0.15, 0.2) is 24.3 Å². The standard InChI is InChI=1S/C13H19ClN2O/c1-15-8-13-10-16(6-7-17-13)9-11-2-4-12(14)5-3-11/h2-5,13,15H,6-10H2,1H3. The van der Waals surface area contributed by atoms with Gasteiger partial charge in [-0.05, 0) is 24.7 Å². The number of likely N-dealkylation sites (N-methyl/N-ethyl adjacent to an activating group) is 1. The van der Waals surface area contributed by atoms with Crippen molar-refractivity contribution in [1.29, 1.82) is 0 Å². The van der Waals surface area contributed by atoms with E-state index in [1.165, 1.54) is 5.56 Å². The zero-order valence-electron chi connectivity index (χ0n) is 10.2. The minimum Gasteiger partial charge on any atom is -0.374 e. The Bertz CT molecular complexity index is 340. The molecule has 1 heterocycles. The first-order valence-corrected chi connectivity index (χ1v) is 6.38. The van der Waals surface area contributed by atoms with Gasteiger partial charge in [-0.3, -0.25) is 4.90 Å². The maximum absolute atomic E-state index is 5.88. The van der Waals surface area contributed by atoms with Crippen LogP contribution >= 0.6 is 11.6 Å². The van der Waals surface area contributed by atoms with Crippen molar-refractivity contribution in [1.82, 2.24) is 10.2 Å². The number of nitrogens with zero attached hydrogens (tertiary/aromatic N) is 1. The lowest BCUT2D eigenvalue weighted by Gasteiger charge is -2.32. The van der Waals surface area contributed by atoms with E-state index in [2.05, 4.69) is 22.3 Å². The summed E-state index contributed by atoms with van der Waals surface area (Å²) in [6.07, 6.45) is 0.307. The molecule has 1 aliphatic heterocycles. The molecular weight excluding hydrogens is 236 g/mol. The van der Waals surface area contributed by atoms with Gasteiger partial charge in [0.25, 0.3) is 0 Å². The quantitative estimate of drug-likeness (QED) is 0.886. The molecule has 1 saturated heterocycles. The summed E-state index contributed by atoms with van der Waals surface area (Å²) in [4.78, 5) is 2.43. The van der Waals surface area contributed by atoms with Crippen molar-refractivity contribution in [3.63, 3.8) is 0 Å². The molecule has 1 atom stereocenters. The van der Waals surface area contributed by atoms with Crippen LogP contribution in [0.2, 0.25) is 5.02 Å². The van der Waals surface area contributed by atoms with Crippen LogP contribution in [0.3, 0.4) is 0 Å². The Morgan fingerprint density at radius 1 is 1.41 bits per heavy atom. The largest absolute Gasteiger partial charge is 0.374 e. The number of halogens is 1. The van der Waals surface area contributed by atoms with E-state index in [4.69, 9.17) is 16.3 Å². The molecule has 1 fully saturated rings. The highest BCUT2D eigenvalue weighted by molar-refractivity contribution is 6.30. The molecule has 0 aliphatic carbocycles. The number of rotatable bonds is 4. The second-order valence-electron chi connectivity index (χ2n) is 4.41. The zero-order valence-corrected chi connectivity index (χ0v) is 10.9. The Labute approximate surface area is 108 Å². The van der Waals surface area contributed by atoms with Crippen LogP contribution in [-0.4, -0.2) is 44.3 Å². The van der Waals surface area contributed by atoms with Crippen molar-refractivity contribution < 1.29 is 4.74 Å². The van der Waals surface area contributed by atoms with Gasteiger partial charge >= 0.3 is 0 Å². The van der Waals surface area contributed by atoms with E-state index in [9.17, 15) is 0 Å². The Balaban J connectivity index is 1.87. The Hall–Kier alpha value is -0.610. The second kappa shape index (κ2) is 6.36. The number of ether oxygens (including phenoxy) is 1. The highest BCUT2D eigenvalue weighted by Crippen LogP contribution is 2.13. The minimum atomic E-state index is 0.307. The smallest absolute Gasteiger partial charge is 0.0826 e. The molecule has 94 valence electrons. The summed E-state index contributed by atoms with van der Waals surface area (Å²) in [6, 6.07) is 8.07. The average Bonchev–Trinajstić information content (AvgIpc) is 2.33. The van der Waals surface area contributed by atoms with Gasteiger partial charge in [-0.25, -0.2) is 0 Å². The molecule has 0 aromatic heterocycles. The summed E-state index contributed by atoms with van der Waals surface area (Å²) >= 11 is 5.88. The topological polar surface area (TPSA) is 24.5 Å². The molecule has 17 heavy (non-hydrogen) atoms. The third-order valence-corrected chi connectivity index (χ3v) is 3.23. The van der Waals surface area contributed by atoms with Gasteiger partial charge in [0.1, 0.15) is 0 Å². The fraction of sp³-hybridized carbons (Fsp3) is 0.538. The SMILES string of the molecule is CNCC1CN(Cc2ccc(Cl)cc2)CCO1. The Kier molecular flexibility index (Phi) is 4.80. The lowest BCUT2D eigenvalue weighted by molar-refractivity contribution is -0.0291. The molecule has 0 bridgehead atoms. The minimum absolute atomic E-state index is 0.307. The highest BCUT2D eigenvalue weighted by atomic mass is 35.5.